The molecule has 19 heavy (non-hydrogen) atoms. The summed E-state index contributed by atoms with van der Waals surface area (Å²) in [5.74, 6) is 0.0102. The Labute approximate surface area is 116 Å². The van der Waals surface area contributed by atoms with E-state index < -0.39 is 0 Å². The molecule has 1 unspecified atom stereocenters. The third-order valence-corrected chi connectivity index (χ3v) is 3.05. The first-order chi connectivity index (χ1) is 8.83. The highest BCUT2D eigenvalue weighted by Gasteiger charge is 2.24. The summed E-state index contributed by atoms with van der Waals surface area (Å²) in [4.78, 5) is 14.2. The Kier molecular flexibility index (Phi) is 5.55. The van der Waals surface area contributed by atoms with E-state index in [0.717, 1.165) is 12.1 Å². The SMILES string of the molecule is CN(CC(C)(C)C)C(=O)C(CN)Cc1ccccc1. The van der Waals surface area contributed by atoms with Gasteiger partial charge in [0.25, 0.3) is 0 Å². The van der Waals surface area contributed by atoms with Gasteiger partial charge in [-0.1, -0.05) is 51.1 Å². The molecule has 1 aromatic carbocycles. The van der Waals surface area contributed by atoms with Crippen molar-refractivity contribution in [1.29, 1.82) is 0 Å². The van der Waals surface area contributed by atoms with E-state index in [0.29, 0.717) is 13.0 Å². The fourth-order valence-corrected chi connectivity index (χ4v) is 2.27. The molecular weight excluding hydrogens is 236 g/mol. The largest absolute Gasteiger partial charge is 0.345 e. The molecule has 106 valence electrons. The van der Waals surface area contributed by atoms with Crippen LogP contribution >= 0.6 is 0 Å². The molecule has 1 aromatic rings. The van der Waals surface area contributed by atoms with E-state index in [1.807, 2.05) is 37.4 Å². The van der Waals surface area contributed by atoms with Crippen molar-refractivity contribution in [2.24, 2.45) is 17.1 Å². The highest BCUT2D eigenvalue weighted by molar-refractivity contribution is 5.79. The molecule has 0 fully saturated rings. The van der Waals surface area contributed by atoms with Gasteiger partial charge in [-0.05, 0) is 17.4 Å². The summed E-state index contributed by atoms with van der Waals surface area (Å²) in [6.07, 6.45) is 0.713. The van der Waals surface area contributed by atoms with Gasteiger partial charge < -0.3 is 10.6 Å². The van der Waals surface area contributed by atoms with Crippen molar-refractivity contribution in [3.63, 3.8) is 0 Å². The van der Waals surface area contributed by atoms with Gasteiger partial charge in [-0.15, -0.1) is 0 Å². The molecule has 1 atom stereocenters. The first kappa shape index (κ1) is 15.7. The molecule has 0 bridgehead atoms. The number of nitrogens with two attached hydrogens (primary N) is 1. The van der Waals surface area contributed by atoms with Crippen molar-refractivity contribution >= 4 is 5.91 Å². The molecule has 0 heterocycles. The van der Waals surface area contributed by atoms with Crippen molar-refractivity contribution < 1.29 is 4.79 Å². The second-order valence-electron chi connectivity index (χ2n) is 6.38. The summed E-state index contributed by atoms with van der Waals surface area (Å²) >= 11 is 0. The second-order valence-corrected chi connectivity index (χ2v) is 6.38. The lowest BCUT2D eigenvalue weighted by molar-refractivity contribution is -0.135. The topological polar surface area (TPSA) is 46.3 Å². The molecule has 0 spiro atoms. The predicted octanol–water partition coefficient (Wildman–Crippen LogP) is 2.31. The van der Waals surface area contributed by atoms with Gasteiger partial charge in [0, 0.05) is 20.1 Å². The number of benzene rings is 1. The fourth-order valence-electron chi connectivity index (χ4n) is 2.27. The third kappa shape index (κ3) is 5.43. The van der Waals surface area contributed by atoms with Crippen LogP contribution < -0.4 is 5.73 Å². The van der Waals surface area contributed by atoms with E-state index >= 15 is 0 Å². The molecule has 0 radical (unpaired) electrons. The Morgan fingerprint density at radius 2 is 1.84 bits per heavy atom. The highest BCUT2D eigenvalue weighted by atomic mass is 16.2. The van der Waals surface area contributed by atoms with Crippen LogP contribution in [0.15, 0.2) is 30.3 Å². The summed E-state index contributed by atoms with van der Waals surface area (Å²) in [5.41, 5.74) is 7.05. The fraction of sp³-hybridized carbons (Fsp3) is 0.562. The van der Waals surface area contributed by atoms with Crippen molar-refractivity contribution in [2.75, 3.05) is 20.1 Å². The maximum absolute atomic E-state index is 12.4. The molecule has 0 aliphatic carbocycles. The van der Waals surface area contributed by atoms with Crippen LogP contribution in [0.25, 0.3) is 0 Å². The van der Waals surface area contributed by atoms with Crippen molar-refractivity contribution in [2.45, 2.75) is 27.2 Å². The maximum atomic E-state index is 12.4. The van der Waals surface area contributed by atoms with E-state index in [1.54, 1.807) is 4.90 Å². The van der Waals surface area contributed by atoms with Gasteiger partial charge >= 0.3 is 0 Å². The number of hydrogen-bond donors (Lipinski definition) is 1. The van der Waals surface area contributed by atoms with Gasteiger partial charge in [0.2, 0.25) is 5.91 Å². The maximum Gasteiger partial charge on any atom is 0.227 e. The minimum atomic E-state index is -0.130. The van der Waals surface area contributed by atoms with Crippen molar-refractivity contribution in [3.05, 3.63) is 35.9 Å². The molecule has 0 aromatic heterocycles. The van der Waals surface area contributed by atoms with E-state index in [2.05, 4.69) is 20.8 Å². The molecule has 1 amide bonds. The van der Waals surface area contributed by atoms with Gasteiger partial charge in [-0.3, -0.25) is 4.79 Å². The lowest BCUT2D eigenvalue weighted by Crippen LogP contribution is -2.41. The van der Waals surface area contributed by atoms with Crippen LogP contribution in [0.5, 0.6) is 0 Å². The molecule has 1 rings (SSSR count). The number of nitrogens with zero attached hydrogens (tertiary/aromatic N) is 1. The average Bonchev–Trinajstić information content (AvgIpc) is 2.34. The molecule has 3 nitrogen and oxygen atoms in total. The highest BCUT2D eigenvalue weighted by Crippen LogP contribution is 2.17. The van der Waals surface area contributed by atoms with Crippen LogP contribution in [0.2, 0.25) is 0 Å². The average molecular weight is 262 g/mol. The Morgan fingerprint density at radius 1 is 1.26 bits per heavy atom. The zero-order valence-electron chi connectivity index (χ0n) is 12.5. The van der Waals surface area contributed by atoms with Crippen LogP contribution in [-0.2, 0) is 11.2 Å². The van der Waals surface area contributed by atoms with E-state index in [9.17, 15) is 4.79 Å². The van der Waals surface area contributed by atoms with Gasteiger partial charge in [0.15, 0.2) is 0 Å². The molecule has 0 aliphatic rings. The van der Waals surface area contributed by atoms with Gasteiger partial charge in [0.05, 0.1) is 5.92 Å². The molecule has 2 N–H and O–H groups in total. The van der Waals surface area contributed by atoms with E-state index in [-0.39, 0.29) is 17.2 Å². The summed E-state index contributed by atoms with van der Waals surface area (Å²) < 4.78 is 0. The van der Waals surface area contributed by atoms with Crippen molar-refractivity contribution in [3.8, 4) is 0 Å². The van der Waals surface area contributed by atoms with Crippen molar-refractivity contribution in [1.82, 2.24) is 4.90 Å². The molecular formula is C16H26N2O. The molecule has 3 heteroatoms. The minimum absolute atomic E-state index is 0.107. The van der Waals surface area contributed by atoms with Crippen LogP contribution in [0.3, 0.4) is 0 Å². The summed E-state index contributed by atoms with van der Waals surface area (Å²) in [7, 11) is 1.86. The van der Waals surface area contributed by atoms with Crippen LogP contribution in [0.4, 0.5) is 0 Å². The normalized spacial score (nSPS) is 13.1. The molecule has 0 saturated carbocycles. The Bertz CT molecular complexity index is 395. The third-order valence-electron chi connectivity index (χ3n) is 3.05. The predicted molar refractivity (Wildman–Crippen MR) is 79.8 cm³/mol. The lowest BCUT2D eigenvalue weighted by atomic mass is 9.94. The smallest absolute Gasteiger partial charge is 0.227 e. The van der Waals surface area contributed by atoms with Gasteiger partial charge in [-0.25, -0.2) is 0 Å². The Morgan fingerprint density at radius 3 is 2.32 bits per heavy atom. The lowest BCUT2D eigenvalue weighted by Gasteiger charge is -2.29. The number of carbonyl (C=O) groups excluding carboxylic acids is 1. The first-order valence-corrected chi connectivity index (χ1v) is 6.82. The minimum Gasteiger partial charge on any atom is -0.345 e. The van der Waals surface area contributed by atoms with Crippen LogP contribution in [-0.4, -0.2) is 30.9 Å². The first-order valence-electron chi connectivity index (χ1n) is 6.82. The number of amides is 1. The summed E-state index contributed by atoms with van der Waals surface area (Å²) in [5, 5.41) is 0. The van der Waals surface area contributed by atoms with E-state index in [4.69, 9.17) is 5.73 Å². The van der Waals surface area contributed by atoms with Gasteiger partial charge in [-0.2, -0.15) is 0 Å². The molecule has 0 aliphatic heterocycles. The molecule has 0 saturated heterocycles. The second kappa shape index (κ2) is 6.71. The monoisotopic (exact) mass is 262 g/mol. The zero-order chi connectivity index (χ0) is 14.5. The number of hydrogen-bond acceptors (Lipinski definition) is 2. The van der Waals surface area contributed by atoms with Crippen LogP contribution in [0.1, 0.15) is 26.3 Å². The summed E-state index contributed by atoms with van der Waals surface area (Å²) in [6.45, 7) is 7.53. The Hall–Kier alpha value is -1.35. The van der Waals surface area contributed by atoms with Gasteiger partial charge in [0.1, 0.15) is 0 Å². The Balaban J connectivity index is 2.66. The number of carbonyl (C=O) groups is 1. The summed E-state index contributed by atoms with van der Waals surface area (Å²) in [6, 6.07) is 10.0. The standard InChI is InChI=1S/C16H26N2O/c1-16(2,3)12-18(4)15(19)14(11-17)10-13-8-6-5-7-9-13/h5-9,14H,10-12,17H2,1-4H3. The number of rotatable bonds is 5. The zero-order valence-corrected chi connectivity index (χ0v) is 12.5. The van der Waals surface area contributed by atoms with Crippen LogP contribution in [0, 0.1) is 11.3 Å². The quantitative estimate of drug-likeness (QED) is 0.885. The van der Waals surface area contributed by atoms with E-state index in [1.165, 1.54) is 0 Å².